The maximum atomic E-state index is 11.4. The minimum absolute atomic E-state index is 0.0848. The molecule has 0 atom stereocenters. The van der Waals surface area contributed by atoms with Crippen molar-refractivity contribution in [2.24, 2.45) is 0 Å². The van der Waals surface area contributed by atoms with Crippen LogP contribution in [-0.2, 0) is 21.1 Å². The van der Waals surface area contributed by atoms with Gasteiger partial charge in [-0.2, -0.15) is 0 Å². The van der Waals surface area contributed by atoms with E-state index in [1.807, 2.05) is 30.3 Å². The van der Waals surface area contributed by atoms with Crippen LogP contribution in [0.1, 0.15) is 18.9 Å². The van der Waals surface area contributed by atoms with Gasteiger partial charge in [0.05, 0.1) is 5.75 Å². The minimum atomic E-state index is -3.20. The summed E-state index contributed by atoms with van der Waals surface area (Å²) in [5, 5.41) is 0. The number of carbonyl (C=O) groups is 1. The molecule has 0 unspecified atom stereocenters. The Morgan fingerprint density at radius 1 is 1.19 bits per heavy atom. The van der Waals surface area contributed by atoms with Crippen LogP contribution in [0.2, 0.25) is 0 Å². The van der Waals surface area contributed by atoms with E-state index in [9.17, 15) is 13.2 Å². The predicted molar refractivity (Wildman–Crippen MR) is 64.1 cm³/mol. The maximum Gasteiger partial charge on any atom is 0.157 e. The summed E-state index contributed by atoms with van der Waals surface area (Å²) in [5.74, 6) is -0.539. The van der Waals surface area contributed by atoms with Crippen LogP contribution in [0, 0.1) is 0 Å². The molecule has 0 fully saturated rings. The molecule has 0 radical (unpaired) electrons. The van der Waals surface area contributed by atoms with Crippen LogP contribution in [-0.4, -0.2) is 25.7 Å². The number of ketones is 1. The molecule has 0 aliphatic rings. The molecule has 0 aromatic heterocycles. The summed E-state index contributed by atoms with van der Waals surface area (Å²) < 4.78 is 22.8. The molecule has 1 aromatic carbocycles. The molecule has 0 amide bonds. The molecular weight excluding hydrogens is 224 g/mol. The summed E-state index contributed by atoms with van der Waals surface area (Å²) >= 11 is 0. The van der Waals surface area contributed by atoms with Gasteiger partial charge in [0.1, 0.15) is 11.5 Å². The molecule has 0 saturated heterocycles. The molecule has 0 bridgehead atoms. The van der Waals surface area contributed by atoms with Crippen molar-refractivity contribution < 1.29 is 13.2 Å². The molecule has 1 aromatic rings. The summed E-state index contributed by atoms with van der Waals surface area (Å²) in [6.07, 6.45) is 1.30. The van der Waals surface area contributed by atoms with E-state index < -0.39 is 9.84 Å². The molecule has 0 aliphatic heterocycles. The summed E-state index contributed by atoms with van der Waals surface area (Å²) in [5.41, 5.74) is 1.13. The molecule has 3 nitrogen and oxygen atoms in total. The first kappa shape index (κ1) is 12.9. The van der Waals surface area contributed by atoms with Crippen molar-refractivity contribution in [1.82, 2.24) is 0 Å². The molecule has 0 aliphatic carbocycles. The number of Topliss-reactive ketones (excluding diaryl/α,β-unsaturated/α-hetero) is 1. The highest BCUT2D eigenvalue weighted by Gasteiger charge is 2.12. The molecule has 0 saturated carbocycles. The average molecular weight is 240 g/mol. The van der Waals surface area contributed by atoms with Gasteiger partial charge >= 0.3 is 0 Å². The first-order valence-corrected chi connectivity index (χ1v) is 7.05. The van der Waals surface area contributed by atoms with Gasteiger partial charge in [-0.1, -0.05) is 30.3 Å². The quantitative estimate of drug-likeness (QED) is 0.759. The number of aryl methyl sites for hydroxylation is 1. The summed E-state index contributed by atoms with van der Waals surface area (Å²) in [6.45, 7) is 1.30. The van der Waals surface area contributed by atoms with Gasteiger partial charge in [0.15, 0.2) is 9.84 Å². The van der Waals surface area contributed by atoms with Crippen molar-refractivity contribution in [2.45, 2.75) is 19.8 Å². The van der Waals surface area contributed by atoms with Crippen LogP contribution in [0.25, 0.3) is 0 Å². The van der Waals surface area contributed by atoms with Gasteiger partial charge in [0.25, 0.3) is 0 Å². The van der Waals surface area contributed by atoms with E-state index in [1.54, 1.807) is 0 Å². The lowest BCUT2D eigenvalue weighted by atomic mass is 10.1. The average Bonchev–Trinajstić information content (AvgIpc) is 2.16. The summed E-state index contributed by atoms with van der Waals surface area (Å²) in [4.78, 5) is 10.7. The van der Waals surface area contributed by atoms with Gasteiger partial charge in [-0.05, 0) is 25.3 Å². The highest BCUT2D eigenvalue weighted by molar-refractivity contribution is 7.92. The fraction of sp³-hybridized carbons (Fsp3) is 0.417. The molecule has 0 heterocycles. The molecular formula is C12H16O3S. The monoisotopic (exact) mass is 240 g/mol. The van der Waals surface area contributed by atoms with Crippen molar-refractivity contribution in [2.75, 3.05) is 11.5 Å². The van der Waals surface area contributed by atoms with E-state index >= 15 is 0 Å². The first-order chi connectivity index (χ1) is 7.49. The Bertz CT molecular complexity index is 435. The van der Waals surface area contributed by atoms with Crippen molar-refractivity contribution in [1.29, 1.82) is 0 Å². The van der Waals surface area contributed by atoms with Gasteiger partial charge in [-0.15, -0.1) is 0 Å². The second-order valence-corrected chi connectivity index (χ2v) is 6.07. The predicted octanol–water partition coefficient (Wildman–Crippen LogP) is 1.62. The van der Waals surface area contributed by atoms with Crippen molar-refractivity contribution >= 4 is 15.6 Å². The van der Waals surface area contributed by atoms with Crippen LogP contribution >= 0.6 is 0 Å². The molecule has 1 rings (SSSR count). The fourth-order valence-corrected chi connectivity index (χ4v) is 2.87. The Hall–Kier alpha value is -1.16. The van der Waals surface area contributed by atoms with Crippen LogP contribution in [0.4, 0.5) is 0 Å². The summed E-state index contributed by atoms with van der Waals surface area (Å²) in [6, 6.07) is 9.73. The molecule has 0 spiro atoms. The SMILES string of the molecule is CC(=O)CS(=O)(=O)CCCc1ccccc1. The molecule has 0 N–H and O–H groups in total. The van der Waals surface area contributed by atoms with Crippen LogP contribution in [0.5, 0.6) is 0 Å². The second-order valence-electron chi connectivity index (χ2n) is 3.88. The van der Waals surface area contributed by atoms with Crippen molar-refractivity contribution in [3.05, 3.63) is 35.9 Å². The minimum Gasteiger partial charge on any atom is -0.299 e. The Labute approximate surface area is 96.4 Å². The zero-order valence-electron chi connectivity index (χ0n) is 9.35. The third-order valence-electron chi connectivity index (χ3n) is 2.19. The third kappa shape index (κ3) is 5.07. The number of hydrogen-bond acceptors (Lipinski definition) is 3. The third-order valence-corrected chi connectivity index (χ3v) is 3.94. The van der Waals surface area contributed by atoms with E-state index in [4.69, 9.17) is 0 Å². The normalized spacial score (nSPS) is 11.3. The van der Waals surface area contributed by atoms with Gasteiger partial charge in [0.2, 0.25) is 0 Å². The second kappa shape index (κ2) is 5.80. The summed E-state index contributed by atoms with van der Waals surface area (Å²) in [7, 11) is -3.20. The van der Waals surface area contributed by atoms with Crippen LogP contribution in [0.3, 0.4) is 0 Å². The van der Waals surface area contributed by atoms with Gasteiger partial charge in [0, 0.05) is 0 Å². The topological polar surface area (TPSA) is 51.2 Å². The van der Waals surface area contributed by atoms with Crippen molar-refractivity contribution in [3.63, 3.8) is 0 Å². The Kier molecular flexibility index (Phi) is 4.68. The van der Waals surface area contributed by atoms with Crippen molar-refractivity contribution in [3.8, 4) is 0 Å². The Morgan fingerprint density at radius 2 is 1.81 bits per heavy atom. The van der Waals surface area contributed by atoms with E-state index in [1.165, 1.54) is 6.92 Å². The van der Waals surface area contributed by atoms with Gasteiger partial charge in [-0.25, -0.2) is 8.42 Å². The smallest absolute Gasteiger partial charge is 0.157 e. The number of rotatable bonds is 6. The number of benzene rings is 1. The van der Waals surface area contributed by atoms with E-state index in [2.05, 4.69) is 0 Å². The van der Waals surface area contributed by atoms with Crippen LogP contribution in [0.15, 0.2) is 30.3 Å². The lowest BCUT2D eigenvalue weighted by molar-refractivity contribution is -0.114. The Morgan fingerprint density at radius 3 is 2.38 bits per heavy atom. The lowest BCUT2D eigenvalue weighted by Gasteiger charge is -2.02. The largest absolute Gasteiger partial charge is 0.299 e. The van der Waals surface area contributed by atoms with Gasteiger partial charge < -0.3 is 0 Å². The maximum absolute atomic E-state index is 11.4. The number of carbonyl (C=O) groups excluding carboxylic acids is 1. The van der Waals surface area contributed by atoms with E-state index in [0.717, 1.165) is 12.0 Å². The standard InChI is InChI=1S/C12H16O3S/c1-11(13)10-16(14,15)9-5-8-12-6-3-2-4-7-12/h2-4,6-7H,5,8-10H2,1H3. The van der Waals surface area contributed by atoms with Gasteiger partial charge in [-0.3, -0.25) is 4.79 Å². The van der Waals surface area contributed by atoms with E-state index in [-0.39, 0.29) is 17.3 Å². The lowest BCUT2D eigenvalue weighted by Crippen LogP contribution is -2.17. The first-order valence-electron chi connectivity index (χ1n) is 5.23. The Balaban J connectivity index is 2.39. The molecule has 16 heavy (non-hydrogen) atoms. The number of hydrogen-bond donors (Lipinski definition) is 0. The molecule has 4 heteroatoms. The highest BCUT2D eigenvalue weighted by Crippen LogP contribution is 2.04. The zero-order chi connectivity index (χ0) is 12.0. The zero-order valence-corrected chi connectivity index (χ0v) is 10.2. The number of sulfone groups is 1. The highest BCUT2D eigenvalue weighted by atomic mass is 32.2. The molecule has 88 valence electrons. The van der Waals surface area contributed by atoms with Crippen LogP contribution < -0.4 is 0 Å². The fourth-order valence-electron chi connectivity index (χ4n) is 1.52. The van der Waals surface area contributed by atoms with E-state index in [0.29, 0.717) is 6.42 Å².